The van der Waals surface area contributed by atoms with E-state index in [0.29, 0.717) is 6.04 Å². The molecule has 0 amide bonds. The van der Waals surface area contributed by atoms with Gasteiger partial charge in [0.15, 0.2) is 0 Å². The average molecular weight is 387 g/mol. The van der Waals surface area contributed by atoms with Gasteiger partial charge in [0.25, 0.3) is 0 Å². The predicted octanol–water partition coefficient (Wildman–Crippen LogP) is 5.55. The molecule has 1 atom stereocenters. The second-order valence-electron chi connectivity index (χ2n) is 6.86. The van der Waals surface area contributed by atoms with Gasteiger partial charge in [0.2, 0.25) is 0 Å². The lowest BCUT2D eigenvalue weighted by atomic mass is 10.0. The summed E-state index contributed by atoms with van der Waals surface area (Å²) in [6, 6.07) is 13.9. The first kappa shape index (κ1) is 18.1. The van der Waals surface area contributed by atoms with Gasteiger partial charge < -0.3 is 15.0 Å². The molecule has 0 aliphatic carbocycles. The number of anilines is 2. The first-order valence-electron chi connectivity index (χ1n) is 9.33. The Bertz CT molecular complexity index is 775. The van der Waals surface area contributed by atoms with E-state index in [4.69, 9.17) is 4.74 Å². The van der Waals surface area contributed by atoms with Crippen molar-refractivity contribution >= 4 is 34.9 Å². The highest BCUT2D eigenvalue weighted by Gasteiger charge is 2.25. The van der Waals surface area contributed by atoms with Gasteiger partial charge in [-0.3, -0.25) is 0 Å². The number of hydrogen-bond donors (Lipinski definition) is 1. The molecule has 2 heterocycles. The van der Waals surface area contributed by atoms with Crippen molar-refractivity contribution in [2.24, 2.45) is 0 Å². The molecular weight excluding hydrogens is 360 g/mol. The molecule has 4 rings (SSSR count). The molecule has 0 aromatic heterocycles. The van der Waals surface area contributed by atoms with Gasteiger partial charge >= 0.3 is 0 Å². The summed E-state index contributed by atoms with van der Waals surface area (Å²) >= 11 is 3.66. The summed E-state index contributed by atoms with van der Waals surface area (Å²) in [6.45, 7) is 2.21. The van der Waals surface area contributed by atoms with Crippen LogP contribution in [0, 0.1) is 0 Å². The number of fused-ring (bicyclic) bond motifs is 2. The van der Waals surface area contributed by atoms with E-state index in [2.05, 4.69) is 52.9 Å². The Balaban J connectivity index is 1.65. The first-order chi connectivity index (χ1) is 12.8. The normalized spacial score (nSPS) is 19.0. The molecule has 3 nitrogen and oxygen atoms in total. The molecule has 0 saturated carbocycles. The first-order valence-corrected chi connectivity index (χ1v) is 11.4. The van der Waals surface area contributed by atoms with Crippen LogP contribution in [0.25, 0.3) is 0 Å². The quantitative estimate of drug-likeness (QED) is 0.679. The van der Waals surface area contributed by atoms with E-state index >= 15 is 0 Å². The van der Waals surface area contributed by atoms with Crippen LogP contribution in [-0.2, 0) is 0 Å². The SMILES string of the molecule is COc1ccc2c(c1)Sc1ccc(SC)cc1N2CCC1CCCCN1. The third-order valence-electron chi connectivity index (χ3n) is 5.25. The Kier molecular flexibility index (Phi) is 5.67. The Labute approximate surface area is 164 Å². The zero-order valence-electron chi connectivity index (χ0n) is 15.5. The van der Waals surface area contributed by atoms with Crippen molar-refractivity contribution < 1.29 is 4.74 Å². The maximum atomic E-state index is 5.45. The summed E-state index contributed by atoms with van der Waals surface area (Å²) in [5.74, 6) is 0.925. The van der Waals surface area contributed by atoms with Crippen molar-refractivity contribution in [3.63, 3.8) is 0 Å². The average Bonchev–Trinajstić information content (AvgIpc) is 2.71. The molecular formula is C21H26N2OS2. The highest BCUT2D eigenvalue weighted by atomic mass is 32.2. The maximum Gasteiger partial charge on any atom is 0.120 e. The summed E-state index contributed by atoms with van der Waals surface area (Å²) in [7, 11) is 1.74. The van der Waals surface area contributed by atoms with Crippen molar-refractivity contribution in [1.82, 2.24) is 5.32 Å². The Morgan fingerprint density at radius 1 is 1.15 bits per heavy atom. The molecule has 2 aliphatic heterocycles. The zero-order chi connectivity index (χ0) is 17.9. The molecule has 0 spiro atoms. The Morgan fingerprint density at radius 3 is 2.85 bits per heavy atom. The lowest BCUT2D eigenvalue weighted by Gasteiger charge is -2.35. The molecule has 5 heteroatoms. The van der Waals surface area contributed by atoms with E-state index in [1.807, 2.05) is 23.5 Å². The number of piperidine rings is 1. The fraction of sp³-hybridized carbons (Fsp3) is 0.429. The van der Waals surface area contributed by atoms with Gasteiger partial charge in [-0.2, -0.15) is 0 Å². The van der Waals surface area contributed by atoms with Crippen molar-refractivity contribution in [1.29, 1.82) is 0 Å². The van der Waals surface area contributed by atoms with E-state index in [9.17, 15) is 0 Å². The minimum Gasteiger partial charge on any atom is -0.497 e. The minimum absolute atomic E-state index is 0.646. The van der Waals surface area contributed by atoms with Gasteiger partial charge in [-0.1, -0.05) is 18.2 Å². The van der Waals surface area contributed by atoms with Crippen LogP contribution in [0.1, 0.15) is 25.7 Å². The van der Waals surface area contributed by atoms with Crippen LogP contribution in [0.2, 0.25) is 0 Å². The van der Waals surface area contributed by atoms with E-state index in [0.717, 1.165) is 12.3 Å². The van der Waals surface area contributed by atoms with Crippen LogP contribution in [0.5, 0.6) is 5.75 Å². The van der Waals surface area contributed by atoms with Crippen LogP contribution in [0.4, 0.5) is 11.4 Å². The largest absolute Gasteiger partial charge is 0.497 e. The van der Waals surface area contributed by atoms with Crippen molar-refractivity contribution in [3.05, 3.63) is 36.4 Å². The summed E-state index contributed by atoms with van der Waals surface area (Å²) in [5.41, 5.74) is 2.65. The van der Waals surface area contributed by atoms with Gasteiger partial charge in [0.05, 0.1) is 18.5 Å². The van der Waals surface area contributed by atoms with Gasteiger partial charge in [-0.15, -0.1) is 11.8 Å². The molecule has 26 heavy (non-hydrogen) atoms. The van der Waals surface area contributed by atoms with Crippen LogP contribution in [0.15, 0.2) is 51.1 Å². The smallest absolute Gasteiger partial charge is 0.120 e. The van der Waals surface area contributed by atoms with E-state index in [1.165, 1.54) is 58.3 Å². The fourth-order valence-corrected chi connectivity index (χ4v) is 5.33. The van der Waals surface area contributed by atoms with Crippen LogP contribution < -0.4 is 15.0 Å². The minimum atomic E-state index is 0.646. The lowest BCUT2D eigenvalue weighted by Crippen LogP contribution is -2.37. The monoisotopic (exact) mass is 386 g/mol. The standard InChI is InChI=1S/C21H26N2OS2/c1-24-16-6-8-18-21(13-16)26-20-9-7-17(25-2)14-19(20)23(18)12-10-15-5-3-4-11-22-15/h6-9,13-15,22H,3-5,10-12H2,1-2H3. The number of methoxy groups -OCH3 is 1. The van der Waals surface area contributed by atoms with Crippen LogP contribution in [0.3, 0.4) is 0 Å². The number of rotatable bonds is 5. The van der Waals surface area contributed by atoms with Gasteiger partial charge in [0.1, 0.15) is 5.75 Å². The summed E-state index contributed by atoms with van der Waals surface area (Å²) in [4.78, 5) is 6.45. The number of nitrogens with zero attached hydrogens (tertiary/aromatic N) is 1. The molecule has 1 fully saturated rings. The highest BCUT2D eigenvalue weighted by Crippen LogP contribution is 2.50. The Hall–Kier alpha value is -1.30. The van der Waals surface area contributed by atoms with E-state index in [1.54, 1.807) is 7.11 Å². The molecule has 1 saturated heterocycles. The topological polar surface area (TPSA) is 24.5 Å². The molecule has 2 aliphatic rings. The fourth-order valence-electron chi connectivity index (χ4n) is 3.79. The van der Waals surface area contributed by atoms with Crippen molar-refractivity contribution in [2.75, 3.05) is 31.4 Å². The Morgan fingerprint density at radius 2 is 2.08 bits per heavy atom. The van der Waals surface area contributed by atoms with Gasteiger partial charge in [-0.25, -0.2) is 0 Å². The molecule has 1 unspecified atom stereocenters. The van der Waals surface area contributed by atoms with Crippen molar-refractivity contribution in [3.8, 4) is 5.75 Å². The van der Waals surface area contributed by atoms with Crippen molar-refractivity contribution in [2.45, 2.75) is 46.4 Å². The van der Waals surface area contributed by atoms with E-state index in [-0.39, 0.29) is 0 Å². The van der Waals surface area contributed by atoms with Crippen LogP contribution in [-0.4, -0.2) is 32.5 Å². The number of hydrogen-bond acceptors (Lipinski definition) is 5. The molecule has 0 radical (unpaired) electrons. The summed E-state index contributed by atoms with van der Waals surface area (Å²) in [5, 5.41) is 3.69. The molecule has 0 bridgehead atoms. The van der Waals surface area contributed by atoms with E-state index < -0.39 is 0 Å². The number of nitrogens with one attached hydrogen (secondary N) is 1. The summed E-state index contributed by atoms with van der Waals surface area (Å²) < 4.78 is 5.45. The molecule has 2 aromatic carbocycles. The molecule has 138 valence electrons. The van der Waals surface area contributed by atoms with Gasteiger partial charge in [0, 0.05) is 27.3 Å². The number of benzene rings is 2. The third kappa shape index (κ3) is 3.71. The predicted molar refractivity (Wildman–Crippen MR) is 113 cm³/mol. The summed E-state index contributed by atoms with van der Waals surface area (Å²) in [6.07, 6.45) is 7.30. The second kappa shape index (κ2) is 8.15. The number of ether oxygens (including phenoxy) is 1. The molecule has 1 N–H and O–H groups in total. The zero-order valence-corrected chi connectivity index (χ0v) is 17.1. The molecule has 2 aromatic rings. The van der Waals surface area contributed by atoms with Gasteiger partial charge in [-0.05, 0) is 68.5 Å². The second-order valence-corrected chi connectivity index (χ2v) is 8.82. The van der Waals surface area contributed by atoms with Crippen LogP contribution >= 0.6 is 23.5 Å². The third-order valence-corrected chi connectivity index (χ3v) is 7.09. The highest BCUT2D eigenvalue weighted by molar-refractivity contribution is 8.00. The number of thioether (sulfide) groups is 1. The lowest BCUT2D eigenvalue weighted by molar-refractivity contribution is 0.385. The maximum absolute atomic E-state index is 5.45.